The quantitative estimate of drug-likeness (QED) is 0.180. The van der Waals surface area contributed by atoms with Crippen LogP contribution in [0.25, 0.3) is 102 Å². The monoisotopic (exact) mass is 762 g/mol. The van der Waals surface area contributed by atoms with E-state index in [1.165, 1.54) is 68.4 Å². The number of aromatic nitrogens is 2. The van der Waals surface area contributed by atoms with Crippen LogP contribution < -0.4 is 0 Å². The lowest BCUT2D eigenvalue weighted by molar-refractivity contribution is 0.781. The first-order valence-corrected chi connectivity index (χ1v) is 20.8. The summed E-state index contributed by atoms with van der Waals surface area (Å²) in [5, 5.41) is 27.7. The summed E-state index contributed by atoms with van der Waals surface area (Å²) in [7, 11) is 0. The summed E-state index contributed by atoms with van der Waals surface area (Å²) in [6.45, 7) is 2.36. The summed E-state index contributed by atoms with van der Waals surface area (Å²) in [5.74, 6) is 0.376. The second-order valence-corrected chi connectivity index (χ2v) is 17.4. The molecule has 0 aliphatic heterocycles. The molecule has 0 N–H and O–H groups in total. The third kappa shape index (κ3) is 4.69. The van der Waals surface area contributed by atoms with Gasteiger partial charge >= 0.3 is 0 Å². The normalized spacial score (nSPS) is 14.2. The van der Waals surface area contributed by atoms with Crippen molar-refractivity contribution in [1.82, 2.24) is 9.13 Å². The minimum atomic E-state index is 0.376. The van der Waals surface area contributed by atoms with Crippen molar-refractivity contribution in [3.63, 3.8) is 0 Å². The summed E-state index contributed by atoms with van der Waals surface area (Å²) < 4.78 is 8.61. The Morgan fingerprint density at radius 3 is 1.72 bits per heavy atom. The van der Waals surface area contributed by atoms with Gasteiger partial charge in [0, 0.05) is 68.1 Å². The number of nitrogens with zero attached hydrogens (tertiary/aromatic N) is 4. The van der Waals surface area contributed by atoms with Gasteiger partial charge in [-0.3, -0.25) is 0 Å². The zero-order valence-corrected chi connectivity index (χ0v) is 32.4. The van der Waals surface area contributed by atoms with Crippen LogP contribution in [0.4, 0.5) is 0 Å². The molecular weight excluding hydrogens is 733 g/mol. The third-order valence-electron chi connectivity index (χ3n) is 12.0. The summed E-state index contributed by atoms with van der Waals surface area (Å²) in [6, 6.07) is 54.5. The predicted molar refractivity (Wildman–Crippen MR) is 241 cm³/mol. The van der Waals surface area contributed by atoms with Crippen molar-refractivity contribution in [2.75, 3.05) is 0 Å². The molecule has 0 fully saturated rings. The van der Waals surface area contributed by atoms with E-state index >= 15 is 0 Å². The Morgan fingerprint density at radius 1 is 0.509 bits per heavy atom. The fourth-order valence-electron chi connectivity index (χ4n) is 9.37. The molecular formula is C51H30N4S2. The number of nitriles is 2. The van der Waals surface area contributed by atoms with Gasteiger partial charge in [-0.25, -0.2) is 0 Å². The van der Waals surface area contributed by atoms with Gasteiger partial charge in [0.2, 0.25) is 0 Å². The first-order chi connectivity index (χ1) is 28.0. The van der Waals surface area contributed by atoms with Gasteiger partial charge in [-0.1, -0.05) is 55.5 Å². The van der Waals surface area contributed by atoms with Gasteiger partial charge in [0.25, 0.3) is 0 Å². The van der Waals surface area contributed by atoms with E-state index in [1.807, 2.05) is 46.9 Å². The number of benzene rings is 7. The number of thiophene rings is 2. The molecule has 0 saturated carbocycles. The number of allylic oxidation sites excluding steroid dienone is 1. The maximum absolute atomic E-state index is 9.69. The topological polar surface area (TPSA) is 57.4 Å². The Hall–Kier alpha value is -6.96. The first-order valence-electron chi connectivity index (χ1n) is 19.2. The molecule has 12 rings (SSSR count). The van der Waals surface area contributed by atoms with Crippen LogP contribution in [0, 0.1) is 22.7 Å². The van der Waals surface area contributed by atoms with E-state index in [1.54, 1.807) is 0 Å². The molecule has 4 aromatic heterocycles. The SMILES string of the molecule is CC1CC(n2c3ccccc3c3cc(C#N)ccc32)=Cc2c1sc1ccc(-c3ccc4sc5ccc(-n6c7ccccc7c7cc(C#N)ccc76)cc5c4c3)cc21. The Kier molecular flexibility index (Phi) is 6.81. The fraction of sp³-hybridized carbons (Fsp3) is 0.0588. The molecule has 1 unspecified atom stereocenters. The second-order valence-electron chi connectivity index (χ2n) is 15.2. The smallest absolute Gasteiger partial charge is 0.0991 e. The van der Waals surface area contributed by atoms with Crippen LogP contribution in [0.3, 0.4) is 0 Å². The van der Waals surface area contributed by atoms with E-state index in [9.17, 15) is 10.5 Å². The predicted octanol–water partition coefficient (Wildman–Crippen LogP) is 14.4. The molecule has 266 valence electrons. The van der Waals surface area contributed by atoms with Crippen molar-refractivity contribution >= 4 is 108 Å². The summed E-state index contributed by atoms with van der Waals surface area (Å²) in [6.07, 6.45) is 3.37. The van der Waals surface area contributed by atoms with Crippen LogP contribution in [-0.2, 0) is 0 Å². The minimum absolute atomic E-state index is 0.376. The van der Waals surface area contributed by atoms with Gasteiger partial charge in [-0.05, 0) is 126 Å². The van der Waals surface area contributed by atoms with Crippen molar-refractivity contribution < 1.29 is 0 Å². The summed E-state index contributed by atoms with van der Waals surface area (Å²) in [5.41, 5.74) is 12.0. The highest BCUT2D eigenvalue weighted by Gasteiger charge is 2.26. The number of hydrogen-bond acceptors (Lipinski definition) is 4. The van der Waals surface area contributed by atoms with Gasteiger partial charge < -0.3 is 9.13 Å². The highest BCUT2D eigenvalue weighted by Crippen LogP contribution is 2.47. The van der Waals surface area contributed by atoms with Gasteiger partial charge in [0.1, 0.15) is 0 Å². The van der Waals surface area contributed by atoms with Crippen LogP contribution in [0.15, 0.2) is 140 Å². The standard InChI is InChI=1S/C51H30N4S2/c1-29-20-35(55-45-9-5-3-7-37(45)39-22-31(28-53)11-16-47(39)55)26-43-41-24-33(13-18-50(41)57-51(29)43)32-12-17-48-40(23-32)42-25-34(14-19-49(42)56-48)54-44-8-4-2-6-36(44)38-21-30(27-52)10-15-46(38)54/h2-19,21-26,29H,20H2,1H3. The number of para-hydroxylation sites is 2. The minimum Gasteiger partial charge on any atom is -0.313 e. The average Bonchev–Trinajstić information content (AvgIpc) is 4.00. The van der Waals surface area contributed by atoms with Crippen LogP contribution in [0.1, 0.15) is 40.8 Å². The molecule has 6 heteroatoms. The molecule has 4 heterocycles. The molecule has 7 aromatic carbocycles. The van der Waals surface area contributed by atoms with Crippen LogP contribution >= 0.6 is 22.7 Å². The van der Waals surface area contributed by atoms with Crippen molar-refractivity contribution in [2.24, 2.45) is 0 Å². The maximum atomic E-state index is 9.69. The van der Waals surface area contributed by atoms with E-state index in [4.69, 9.17) is 0 Å². The zero-order valence-electron chi connectivity index (χ0n) is 30.7. The lowest BCUT2D eigenvalue weighted by atomic mass is 9.91. The van der Waals surface area contributed by atoms with Crippen LogP contribution in [0.2, 0.25) is 0 Å². The lowest BCUT2D eigenvalue weighted by Crippen LogP contribution is -2.06. The molecule has 0 saturated heterocycles. The van der Waals surface area contributed by atoms with E-state index in [-0.39, 0.29) is 0 Å². The molecule has 1 atom stereocenters. The summed E-state index contributed by atoms with van der Waals surface area (Å²) in [4.78, 5) is 1.44. The Morgan fingerprint density at radius 2 is 1.05 bits per heavy atom. The average molecular weight is 763 g/mol. The first kappa shape index (κ1) is 32.3. The number of fused-ring (bicyclic) bond motifs is 12. The Bertz CT molecular complexity index is 3670. The van der Waals surface area contributed by atoms with Gasteiger partial charge in [-0.2, -0.15) is 10.5 Å². The fourth-order valence-corrected chi connectivity index (χ4v) is 11.7. The van der Waals surface area contributed by atoms with E-state index in [2.05, 4.69) is 150 Å². The van der Waals surface area contributed by atoms with Crippen molar-refractivity contribution in [1.29, 1.82) is 10.5 Å². The molecule has 0 spiro atoms. The molecule has 0 amide bonds. The number of hydrogen-bond donors (Lipinski definition) is 0. The molecule has 4 nitrogen and oxygen atoms in total. The molecule has 11 aromatic rings. The van der Waals surface area contributed by atoms with Gasteiger partial charge in [-0.15, -0.1) is 22.7 Å². The molecule has 1 aliphatic carbocycles. The summed E-state index contributed by atoms with van der Waals surface area (Å²) >= 11 is 3.77. The third-order valence-corrected chi connectivity index (χ3v) is 14.5. The van der Waals surface area contributed by atoms with Crippen LogP contribution in [0.5, 0.6) is 0 Å². The van der Waals surface area contributed by atoms with Gasteiger partial charge in [0.15, 0.2) is 0 Å². The highest BCUT2D eigenvalue weighted by atomic mass is 32.1. The van der Waals surface area contributed by atoms with Crippen LogP contribution in [-0.4, -0.2) is 9.13 Å². The highest BCUT2D eigenvalue weighted by molar-refractivity contribution is 7.25. The molecule has 1 aliphatic rings. The van der Waals surface area contributed by atoms with E-state index in [0.717, 1.165) is 44.8 Å². The lowest BCUT2D eigenvalue weighted by Gasteiger charge is -2.22. The largest absolute Gasteiger partial charge is 0.313 e. The van der Waals surface area contributed by atoms with E-state index < -0.39 is 0 Å². The van der Waals surface area contributed by atoms with Crippen molar-refractivity contribution in [2.45, 2.75) is 19.3 Å². The van der Waals surface area contributed by atoms with E-state index in [0.29, 0.717) is 17.0 Å². The molecule has 57 heavy (non-hydrogen) atoms. The Balaban J connectivity index is 0.998. The Labute approximate surface area is 335 Å². The second kappa shape index (κ2) is 12.0. The van der Waals surface area contributed by atoms with Crippen molar-refractivity contribution in [3.8, 4) is 29.0 Å². The number of rotatable bonds is 3. The molecule has 0 bridgehead atoms. The zero-order chi connectivity index (χ0) is 37.9. The maximum Gasteiger partial charge on any atom is 0.0991 e. The van der Waals surface area contributed by atoms with Crippen molar-refractivity contribution in [3.05, 3.63) is 161 Å². The molecule has 0 radical (unpaired) electrons. The van der Waals surface area contributed by atoms with Gasteiger partial charge in [0.05, 0.1) is 45.3 Å².